The van der Waals surface area contributed by atoms with Gasteiger partial charge in [-0.2, -0.15) is 0 Å². The molecule has 0 radical (unpaired) electrons. The summed E-state index contributed by atoms with van der Waals surface area (Å²) in [6.07, 6.45) is -0.224. The molecule has 1 saturated heterocycles. The molecule has 6 nitrogen and oxygen atoms in total. The van der Waals surface area contributed by atoms with Crippen molar-refractivity contribution in [2.75, 3.05) is 0 Å². The van der Waals surface area contributed by atoms with Crippen molar-refractivity contribution in [3.05, 3.63) is 58.9 Å². The van der Waals surface area contributed by atoms with Gasteiger partial charge in [0, 0.05) is 34.3 Å². The molecule has 2 amide bonds. The molecule has 38 heavy (non-hydrogen) atoms. The molecule has 0 spiro atoms. The number of likely N-dealkylation sites (tertiary alicyclic amines) is 1. The van der Waals surface area contributed by atoms with E-state index in [-0.39, 0.29) is 24.1 Å². The number of carbonyl (C=O) groups excluding carboxylic acids is 2. The van der Waals surface area contributed by atoms with Crippen LogP contribution in [0.15, 0.2) is 42.5 Å². The van der Waals surface area contributed by atoms with Gasteiger partial charge >= 0.3 is 6.09 Å². The summed E-state index contributed by atoms with van der Waals surface area (Å²) in [6, 6.07) is 11.2. The molecule has 0 aliphatic carbocycles. The predicted molar refractivity (Wildman–Crippen MR) is 151 cm³/mol. The second-order valence-corrected chi connectivity index (χ2v) is 14.8. The molecule has 3 atom stereocenters. The van der Waals surface area contributed by atoms with Crippen LogP contribution in [0.3, 0.4) is 0 Å². The fourth-order valence-corrected chi connectivity index (χ4v) is 5.66. The molecule has 1 aliphatic heterocycles. The molecule has 208 valence electrons. The van der Waals surface area contributed by atoms with Crippen LogP contribution in [0.4, 0.5) is 9.18 Å². The number of imide groups is 1. The first kappa shape index (κ1) is 30.4. The first-order chi connectivity index (χ1) is 17.4. The van der Waals surface area contributed by atoms with E-state index in [2.05, 4.69) is 4.72 Å². The summed E-state index contributed by atoms with van der Waals surface area (Å²) in [5.41, 5.74) is 0.411. The lowest BCUT2D eigenvalue weighted by Crippen LogP contribution is -2.57. The van der Waals surface area contributed by atoms with Crippen LogP contribution < -0.4 is 4.72 Å². The minimum atomic E-state index is -1.38. The van der Waals surface area contributed by atoms with Crippen LogP contribution in [0.5, 0.6) is 0 Å². The molecule has 1 N–H and O–H groups in total. The average Bonchev–Trinajstić information content (AvgIpc) is 3.10. The van der Waals surface area contributed by atoms with E-state index < -0.39 is 39.4 Å². The maximum atomic E-state index is 14.4. The van der Waals surface area contributed by atoms with E-state index in [0.29, 0.717) is 22.6 Å². The topological polar surface area (TPSA) is 81.7 Å². The fourth-order valence-electron chi connectivity index (χ4n) is 4.55. The molecule has 0 aromatic heterocycles. The number of carbonyl (C=O) groups is 2. The third-order valence-electron chi connectivity index (χ3n) is 6.53. The van der Waals surface area contributed by atoms with E-state index in [1.807, 2.05) is 46.8 Å². The van der Waals surface area contributed by atoms with Crippen molar-refractivity contribution in [3.8, 4) is 11.1 Å². The van der Waals surface area contributed by atoms with Gasteiger partial charge in [-0.05, 0) is 91.1 Å². The van der Waals surface area contributed by atoms with Crippen molar-refractivity contribution in [3.63, 3.8) is 0 Å². The summed E-state index contributed by atoms with van der Waals surface area (Å²) in [7, 11) is 0. The molecular formula is C29H38ClFN2O4S. The van der Waals surface area contributed by atoms with E-state index in [9.17, 15) is 18.5 Å². The number of nitrogens with zero attached hydrogens (tertiary/aromatic N) is 1. The Bertz CT molecular complexity index is 1170. The molecule has 1 fully saturated rings. The van der Waals surface area contributed by atoms with Crippen molar-refractivity contribution in [2.24, 2.45) is 5.92 Å². The Labute approximate surface area is 233 Å². The minimum absolute atomic E-state index is 0.108. The molecule has 2 aromatic rings. The number of amides is 2. The molecular weight excluding hydrogens is 527 g/mol. The van der Waals surface area contributed by atoms with Crippen molar-refractivity contribution in [1.82, 2.24) is 9.62 Å². The third-order valence-corrected chi connectivity index (χ3v) is 8.59. The van der Waals surface area contributed by atoms with Gasteiger partial charge in [-0.1, -0.05) is 35.9 Å². The maximum Gasteiger partial charge on any atom is 0.417 e. The lowest BCUT2D eigenvalue weighted by Gasteiger charge is -2.39. The highest BCUT2D eigenvalue weighted by Crippen LogP contribution is 2.38. The second-order valence-electron chi connectivity index (χ2n) is 12.4. The van der Waals surface area contributed by atoms with Gasteiger partial charge in [-0.25, -0.2) is 14.1 Å². The Kier molecular flexibility index (Phi) is 8.93. The molecule has 1 heterocycles. The highest BCUT2D eigenvalue weighted by molar-refractivity contribution is 7.90. The number of ether oxygens (including phenoxy) is 1. The van der Waals surface area contributed by atoms with Crippen LogP contribution in [0, 0.1) is 11.7 Å². The largest absolute Gasteiger partial charge is 0.598 e. The minimum Gasteiger partial charge on any atom is -0.598 e. The van der Waals surface area contributed by atoms with Crippen LogP contribution in [-0.2, 0) is 27.3 Å². The Morgan fingerprint density at radius 2 is 1.71 bits per heavy atom. The highest BCUT2D eigenvalue weighted by Gasteiger charge is 2.52. The van der Waals surface area contributed by atoms with Gasteiger partial charge < -0.3 is 9.29 Å². The number of hydrogen-bond acceptors (Lipinski definition) is 5. The lowest BCUT2D eigenvalue weighted by molar-refractivity contribution is -0.128. The second kappa shape index (κ2) is 11.2. The number of hydrogen-bond donors (Lipinski definition) is 1. The van der Waals surface area contributed by atoms with Crippen LogP contribution in [-0.4, -0.2) is 43.4 Å². The SMILES string of the molecule is CC(C)(C)OC(=O)N1C(=O)C[C@H](C(C)(C)N[S@+]([O-])C(C)(C)C)[C@H]1Cc1ccc(-c2cc(Cl)ccc2F)cc1. The van der Waals surface area contributed by atoms with Crippen LogP contribution in [0.25, 0.3) is 11.1 Å². The highest BCUT2D eigenvalue weighted by atomic mass is 35.5. The lowest BCUT2D eigenvalue weighted by atomic mass is 9.80. The van der Waals surface area contributed by atoms with Gasteiger partial charge in [0.1, 0.15) is 16.2 Å². The summed E-state index contributed by atoms with van der Waals surface area (Å²) in [6.45, 7) is 14.7. The fraction of sp³-hybridized carbons (Fsp3) is 0.517. The van der Waals surface area contributed by atoms with Gasteiger partial charge in [0.05, 0.1) is 11.6 Å². The first-order valence-electron chi connectivity index (χ1n) is 12.7. The van der Waals surface area contributed by atoms with Gasteiger partial charge in [-0.15, -0.1) is 4.72 Å². The number of benzene rings is 2. The van der Waals surface area contributed by atoms with E-state index in [1.165, 1.54) is 17.0 Å². The predicted octanol–water partition coefficient (Wildman–Crippen LogP) is 6.67. The van der Waals surface area contributed by atoms with Gasteiger partial charge in [0.25, 0.3) is 0 Å². The Morgan fingerprint density at radius 3 is 2.26 bits per heavy atom. The average molecular weight is 565 g/mol. The standard InChI is InChI=1S/C29H38ClFN2O4S/c1-27(2,3)37-26(35)33-24(22(17-25(33)34)29(7,8)32-38(36)28(4,5)6)15-18-9-11-19(12-10-18)21-16-20(30)13-14-23(21)31/h9-14,16,22,24,32H,15,17H2,1-8H3/t22-,24+,38+/m0/s1. The molecule has 0 bridgehead atoms. The smallest absolute Gasteiger partial charge is 0.417 e. The Morgan fingerprint density at radius 1 is 1.11 bits per heavy atom. The molecule has 3 rings (SSSR count). The number of rotatable bonds is 6. The first-order valence-corrected chi connectivity index (χ1v) is 14.2. The van der Waals surface area contributed by atoms with Gasteiger partial charge in [0.15, 0.2) is 0 Å². The maximum absolute atomic E-state index is 14.4. The Hall–Kier alpha value is -2.13. The zero-order valence-corrected chi connectivity index (χ0v) is 24.9. The molecule has 0 unspecified atom stereocenters. The number of nitrogens with one attached hydrogen (secondary N) is 1. The summed E-state index contributed by atoms with van der Waals surface area (Å²) in [4.78, 5) is 27.6. The molecule has 9 heteroatoms. The summed E-state index contributed by atoms with van der Waals surface area (Å²) in [5, 5.41) is 0.438. The van der Waals surface area contributed by atoms with Crippen molar-refractivity contribution < 1.29 is 23.3 Å². The normalized spacial score (nSPS) is 19.6. The summed E-state index contributed by atoms with van der Waals surface area (Å²) >= 11 is 4.68. The molecule has 1 aliphatic rings. The molecule has 0 saturated carbocycles. The van der Waals surface area contributed by atoms with Gasteiger partial charge in [-0.3, -0.25) is 4.79 Å². The van der Waals surface area contributed by atoms with Crippen molar-refractivity contribution in [2.45, 2.75) is 90.2 Å². The van der Waals surface area contributed by atoms with E-state index in [4.69, 9.17) is 16.3 Å². The zero-order valence-electron chi connectivity index (χ0n) is 23.4. The third kappa shape index (κ3) is 7.29. The van der Waals surface area contributed by atoms with E-state index in [1.54, 1.807) is 39.0 Å². The molecule has 2 aromatic carbocycles. The quantitative estimate of drug-likeness (QED) is 0.396. The van der Waals surface area contributed by atoms with Crippen molar-refractivity contribution in [1.29, 1.82) is 0 Å². The van der Waals surface area contributed by atoms with Crippen LogP contribution in [0.1, 0.15) is 67.4 Å². The van der Waals surface area contributed by atoms with Crippen molar-refractivity contribution >= 4 is 35.0 Å². The summed E-state index contributed by atoms with van der Waals surface area (Å²) < 4.78 is 35.7. The Balaban J connectivity index is 1.95. The van der Waals surface area contributed by atoms with Crippen LogP contribution in [0.2, 0.25) is 5.02 Å². The van der Waals surface area contributed by atoms with E-state index in [0.717, 1.165) is 5.56 Å². The monoisotopic (exact) mass is 564 g/mol. The summed E-state index contributed by atoms with van der Waals surface area (Å²) in [5.74, 6) is -1.04. The van der Waals surface area contributed by atoms with E-state index >= 15 is 0 Å². The van der Waals surface area contributed by atoms with Crippen LogP contribution >= 0.6 is 11.6 Å². The number of halogens is 2. The van der Waals surface area contributed by atoms with Gasteiger partial charge in [0.2, 0.25) is 5.91 Å². The zero-order chi connectivity index (χ0) is 28.6.